The Morgan fingerprint density at radius 2 is 1.85 bits per heavy atom. The molecule has 1 spiro atoms. The molecule has 0 N–H and O–H groups in total. The Bertz CT molecular complexity index is 792. The molecule has 3 fully saturated rings. The SMILES string of the molecule is O=C1N(CC2CC2)CCC[C@]12CCN(S(=O)(=O)Cc1ccc(F)cc1)C2. The van der Waals surface area contributed by atoms with Gasteiger partial charge in [0.05, 0.1) is 11.2 Å². The minimum atomic E-state index is -3.51. The van der Waals surface area contributed by atoms with Gasteiger partial charge in [-0.15, -0.1) is 0 Å². The smallest absolute Gasteiger partial charge is 0.230 e. The van der Waals surface area contributed by atoms with E-state index in [0.717, 1.165) is 25.9 Å². The minimum absolute atomic E-state index is 0.148. The molecule has 0 radical (unpaired) electrons. The van der Waals surface area contributed by atoms with Crippen LogP contribution in [0.5, 0.6) is 0 Å². The molecule has 0 unspecified atom stereocenters. The maximum absolute atomic E-state index is 13.0. The zero-order valence-corrected chi connectivity index (χ0v) is 15.7. The molecule has 1 aromatic rings. The van der Waals surface area contributed by atoms with Crippen molar-refractivity contribution in [3.05, 3.63) is 35.6 Å². The summed E-state index contributed by atoms with van der Waals surface area (Å²) in [6, 6.07) is 5.55. The number of halogens is 1. The summed E-state index contributed by atoms with van der Waals surface area (Å²) in [5.74, 6) is 0.266. The summed E-state index contributed by atoms with van der Waals surface area (Å²) < 4.78 is 40.1. The number of hydrogen-bond donors (Lipinski definition) is 0. The molecule has 1 atom stereocenters. The van der Waals surface area contributed by atoms with Gasteiger partial charge in [-0.1, -0.05) is 12.1 Å². The van der Waals surface area contributed by atoms with Crippen molar-refractivity contribution in [1.82, 2.24) is 9.21 Å². The van der Waals surface area contributed by atoms with Gasteiger partial charge in [0.2, 0.25) is 15.9 Å². The molecule has 26 heavy (non-hydrogen) atoms. The van der Waals surface area contributed by atoms with E-state index in [1.165, 1.54) is 41.4 Å². The van der Waals surface area contributed by atoms with Crippen LogP contribution in [-0.2, 0) is 20.6 Å². The first-order chi connectivity index (χ1) is 12.4. The third kappa shape index (κ3) is 3.51. The highest BCUT2D eigenvalue weighted by Gasteiger charge is 2.51. The molecule has 1 saturated carbocycles. The molecule has 142 valence electrons. The third-order valence-corrected chi connectivity index (χ3v) is 7.77. The van der Waals surface area contributed by atoms with Gasteiger partial charge in [-0.2, -0.15) is 0 Å². The highest BCUT2D eigenvalue weighted by atomic mass is 32.2. The van der Waals surface area contributed by atoms with Crippen LogP contribution in [0.4, 0.5) is 4.39 Å². The number of benzene rings is 1. The quantitative estimate of drug-likeness (QED) is 0.788. The van der Waals surface area contributed by atoms with Gasteiger partial charge < -0.3 is 4.90 Å². The van der Waals surface area contributed by atoms with Crippen LogP contribution in [0.15, 0.2) is 24.3 Å². The van der Waals surface area contributed by atoms with Crippen LogP contribution in [0.1, 0.15) is 37.7 Å². The van der Waals surface area contributed by atoms with E-state index in [1.807, 2.05) is 4.90 Å². The van der Waals surface area contributed by atoms with Crippen LogP contribution in [0.25, 0.3) is 0 Å². The molecule has 3 aliphatic rings. The summed E-state index contributed by atoms with van der Waals surface area (Å²) in [5, 5.41) is 0. The van der Waals surface area contributed by atoms with Crippen molar-refractivity contribution in [2.24, 2.45) is 11.3 Å². The number of hydrogen-bond acceptors (Lipinski definition) is 3. The highest BCUT2D eigenvalue weighted by Crippen LogP contribution is 2.42. The van der Waals surface area contributed by atoms with Gasteiger partial charge in [-0.05, 0) is 55.7 Å². The standard InChI is InChI=1S/C19H25FN2O3S/c20-17-6-4-16(5-7-17)13-26(24,25)22-11-9-19(14-22)8-1-10-21(18(19)23)12-15-2-3-15/h4-7,15H,1-3,8-14H2/t19-/m1/s1. The van der Waals surface area contributed by atoms with Crippen LogP contribution in [0.2, 0.25) is 0 Å². The third-order valence-electron chi connectivity index (χ3n) is 5.97. The predicted octanol–water partition coefficient (Wildman–Crippen LogP) is 2.38. The molecule has 2 aliphatic heterocycles. The van der Waals surface area contributed by atoms with E-state index in [9.17, 15) is 17.6 Å². The van der Waals surface area contributed by atoms with E-state index >= 15 is 0 Å². The molecule has 4 rings (SSSR count). The van der Waals surface area contributed by atoms with Gasteiger partial charge in [-0.3, -0.25) is 4.79 Å². The molecular weight excluding hydrogens is 355 g/mol. The second kappa shape index (κ2) is 6.60. The molecule has 2 saturated heterocycles. The largest absolute Gasteiger partial charge is 0.342 e. The number of likely N-dealkylation sites (tertiary alicyclic amines) is 1. The molecule has 5 nitrogen and oxygen atoms in total. The van der Waals surface area contributed by atoms with E-state index in [2.05, 4.69) is 0 Å². The lowest BCUT2D eigenvalue weighted by Crippen LogP contribution is -2.51. The predicted molar refractivity (Wildman–Crippen MR) is 96.2 cm³/mol. The topological polar surface area (TPSA) is 57.7 Å². The average molecular weight is 380 g/mol. The zero-order valence-electron chi connectivity index (χ0n) is 14.9. The zero-order chi connectivity index (χ0) is 18.4. The lowest BCUT2D eigenvalue weighted by Gasteiger charge is -2.39. The number of rotatable bonds is 5. The summed E-state index contributed by atoms with van der Waals surface area (Å²) in [5.41, 5.74) is 0.0286. The summed E-state index contributed by atoms with van der Waals surface area (Å²) in [7, 11) is -3.51. The summed E-state index contributed by atoms with van der Waals surface area (Å²) in [4.78, 5) is 15.0. The number of nitrogens with zero attached hydrogens (tertiary/aromatic N) is 2. The molecule has 0 bridgehead atoms. The van der Waals surface area contributed by atoms with Gasteiger partial charge in [0.25, 0.3) is 0 Å². The van der Waals surface area contributed by atoms with E-state index in [0.29, 0.717) is 24.4 Å². The molecule has 1 amide bonds. The first kappa shape index (κ1) is 17.9. The van der Waals surface area contributed by atoms with E-state index in [4.69, 9.17) is 0 Å². The van der Waals surface area contributed by atoms with Gasteiger partial charge in [-0.25, -0.2) is 17.1 Å². The lowest BCUT2D eigenvalue weighted by molar-refractivity contribution is -0.145. The molecule has 1 aromatic carbocycles. The second-order valence-corrected chi connectivity index (χ2v) is 10.0. The van der Waals surface area contributed by atoms with Crippen LogP contribution in [0.3, 0.4) is 0 Å². The Kier molecular flexibility index (Phi) is 4.55. The van der Waals surface area contributed by atoms with Crippen LogP contribution < -0.4 is 0 Å². The lowest BCUT2D eigenvalue weighted by atomic mass is 9.78. The Morgan fingerprint density at radius 1 is 1.12 bits per heavy atom. The number of carbonyl (C=O) groups excluding carboxylic acids is 1. The molecule has 0 aromatic heterocycles. The van der Waals surface area contributed by atoms with Gasteiger partial charge >= 0.3 is 0 Å². The van der Waals surface area contributed by atoms with Crippen LogP contribution >= 0.6 is 0 Å². The van der Waals surface area contributed by atoms with Crippen molar-refractivity contribution in [2.45, 2.75) is 37.9 Å². The first-order valence-electron chi connectivity index (χ1n) is 9.40. The van der Waals surface area contributed by atoms with Crippen LogP contribution in [0, 0.1) is 17.2 Å². The highest BCUT2D eigenvalue weighted by molar-refractivity contribution is 7.88. The fourth-order valence-electron chi connectivity index (χ4n) is 4.27. The summed E-state index contributed by atoms with van der Waals surface area (Å²) in [6.07, 6.45) is 4.74. The number of sulfonamides is 1. The second-order valence-electron chi connectivity index (χ2n) is 8.04. The van der Waals surface area contributed by atoms with Gasteiger partial charge in [0.1, 0.15) is 5.82 Å². The van der Waals surface area contributed by atoms with Gasteiger partial charge in [0.15, 0.2) is 0 Å². The monoisotopic (exact) mass is 380 g/mol. The fourth-order valence-corrected chi connectivity index (χ4v) is 5.88. The molecular formula is C19H25FN2O3S. The van der Waals surface area contributed by atoms with Crippen LogP contribution in [-0.4, -0.2) is 49.7 Å². The maximum Gasteiger partial charge on any atom is 0.230 e. The van der Waals surface area contributed by atoms with Crippen molar-refractivity contribution in [2.75, 3.05) is 26.2 Å². The Labute approximate surface area is 154 Å². The van der Waals surface area contributed by atoms with Crippen molar-refractivity contribution >= 4 is 15.9 Å². The molecule has 2 heterocycles. The maximum atomic E-state index is 13.0. The molecule has 7 heteroatoms. The summed E-state index contributed by atoms with van der Waals surface area (Å²) in [6.45, 7) is 2.32. The number of amides is 1. The Balaban J connectivity index is 1.46. The Hall–Kier alpha value is -1.47. The normalized spacial score (nSPS) is 27.4. The first-order valence-corrected chi connectivity index (χ1v) is 11.0. The van der Waals surface area contributed by atoms with E-state index < -0.39 is 15.4 Å². The van der Waals surface area contributed by atoms with Crippen molar-refractivity contribution in [3.8, 4) is 0 Å². The minimum Gasteiger partial charge on any atom is -0.342 e. The van der Waals surface area contributed by atoms with E-state index in [1.54, 1.807) is 0 Å². The summed E-state index contributed by atoms with van der Waals surface area (Å²) >= 11 is 0. The van der Waals surface area contributed by atoms with Crippen molar-refractivity contribution in [3.63, 3.8) is 0 Å². The number of carbonyl (C=O) groups is 1. The average Bonchev–Trinajstić information content (AvgIpc) is 3.31. The van der Waals surface area contributed by atoms with Crippen molar-refractivity contribution in [1.29, 1.82) is 0 Å². The Morgan fingerprint density at radius 3 is 2.54 bits per heavy atom. The molecule has 1 aliphatic carbocycles. The van der Waals surface area contributed by atoms with Gasteiger partial charge in [0, 0.05) is 26.2 Å². The number of piperidine rings is 1. The van der Waals surface area contributed by atoms with Crippen molar-refractivity contribution < 1.29 is 17.6 Å². The van der Waals surface area contributed by atoms with E-state index in [-0.39, 0.29) is 24.0 Å². The fraction of sp³-hybridized carbons (Fsp3) is 0.632.